The molecule has 2 aliphatic rings. The lowest BCUT2D eigenvalue weighted by molar-refractivity contribution is 0.187. The topological polar surface area (TPSA) is 66.9 Å². The highest BCUT2D eigenvalue weighted by molar-refractivity contribution is 5.85. The standard InChI is InChI=1S/C28H23N5O/c1-4-11-24-18(7-1)15-25(34-24)27-26-21(20-8-2-3-10-23(20)32-26)12-14-33(27)28-30-16-19(17-31-28)22-9-5-6-13-29-22/h1-11,13,16-17,25,27,32H,12,14-15H2. The molecule has 2 atom stereocenters. The summed E-state index contributed by atoms with van der Waals surface area (Å²) in [5.74, 6) is 1.69. The number of rotatable bonds is 3. The first-order valence-corrected chi connectivity index (χ1v) is 11.7. The van der Waals surface area contributed by atoms with Crippen LogP contribution in [0.15, 0.2) is 85.3 Å². The number of H-pyrrole nitrogens is 1. The molecule has 0 saturated carbocycles. The molecule has 7 rings (SSSR count). The fourth-order valence-corrected chi connectivity index (χ4v) is 5.40. The molecule has 0 fully saturated rings. The van der Waals surface area contributed by atoms with E-state index in [1.807, 2.05) is 36.7 Å². The number of hydrogen-bond acceptors (Lipinski definition) is 5. The largest absolute Gasteiger partial charge is 0.487 e. The van der Waals surface area contributed by atoms with Gasteiger partial charge in [-0.25, -0.2) is 9.97 Å². The van der Waals surface area contributed by atoms with Gasteiger partial charge in [0.05, 0.1) is 5.69 Å². The minimum atomic E-state index is -0.0245. The highest BCUT2D eigenvalue weighted by Gasteiger charge is 2.41. The third-order valence-electron chi connectivity index (χ3n) is 6.96. The van der Waals surface area contributed by atoms with Crippen molar-refractivity contribution in [2.75, 3.05) is 11.4 Å². The zero-order valence-electron chi connectivity index (χ0n) is 18.6. The molecule has 0 aliphatic carbocycles. The molecule has 3 aromatic heterocycles. The molecule has 0 radical (unpaired) electrons. The number of nitrogens with zero attached hydrogens (tertiary/aromatic N) is 4. The zero-order valence-corrected chi connectivity index (χ0v) is 18.6. The van der Waals surface area contributed by atoms with Gasteiger partial charge in [-0.05, 0) is 41.8 Å². The van der Waals surface area contributed by atoms with Crippen LogP contribution >= 0.6 is 0 Å². The molecule has 0 saturated heterocycles. The minimum Gasteiger partial charge on any atom is -0.487 e. The molecule has 2 aromatic carbocycles. The lowest BCUT2D eigenvalue weighted by Crippen LogP contribution is -2.44. The number of ether oxygens (including phenoxy) is 1. The number of aromatic amines is 1. The first-order chi connectivity index (χ1) is 16.8. The Balaban J connectivity index is 1.31. The minimum absolute atomic E-state index is 0.00995. The van der Waals surface area contributed by atoms with Crippen molar-refractivity contribution in [2.45, 2.75) is 25.0 Å². The molecule has 0 spiro atoms. The Kier molecular flexibility index (Phi) is 4.37. The maximum absolute atomic E-state index is 6.52. The molecule has 6 nitrogen and oxygen atoms in total. The Labute approximate surface area is 197 Å². The van der Waals surface area contributed by atoms with Crippen LogP contribution in [0.3, 0.4) is 0 Å². The molecular weight excluding hydrogens is 422 g/mol. The van der Waals surface area contributed by atoms with Crippen LogP contribution in [-0.4, -0.2) is 32.6 Å². The van der Waals surface area contributed by atoms with Crippen molar-refractivity contribution in [3.8, 4) is 17.0 Å². The number of aromatic nitrogens is 4. The van der Waals surface area contributed by atoms with Crippen LogP contribution < -0.4 is 9.64 Å². The van der Waals surface area contributed by atoms with Crippen LogP contribution in [0.25, 0.3) is 22.2 Å². The number of pyridine rings is 1. The number of fused-ring (bicyclic) bond motifs is 4. The average molecular weight is 446 g/mol. The van der Waals surface area contributed by atoms with Gasteiger partial charge in [0.25, 0.3) is 0 Å². The van der Waals surface area contributed by atoms with Crippen molar-refractivity contribution in [3.63, 3.8) is 0 Å². The van der Waals surface area contributed by atoms with Crippen LogP contribution in [0.4, 0.5) is 5.95 Å². The van der Waals surface area contributed by atoms with Crippen molar-refractivity contribution < 1.29 is 4.74 Å². The van der Waals surface area contributed by atoms with Crippen molar-refractivity contribution in [1.82, 2.24) is 19.9 Å². The normalized spacial score (nSPS) is 19.0. The van der Waals surface area contributed by atoms with Crippen LogP contribution in [0.2, 0.25) is 0 Å². The second-order valence-electron chi connectivity index (χ2n) is 8.91. The van der Waals surface area contributed by atoms with Gasteiger partial charge in [0, 0.05) is 53.7 Å². The summed E-state index contributed by atoms with van der Waals surface area (Å²) in [7, 11) is 0. The maximum atomic E-state index is 6.52. The van der Waals surface area contributed by atoms with Crippen LogP contribution in [0, 0.1) is 0 Å². The predicted molar refractivity (Wildman–Crippen MR) is 132 cm³/mol. The smallest absolute Gasteiger partial charge is 0.225 e. The quantitative estimate of drug-likeness (QED) is 0.417. The van der Waals surface area contributed by atoms with Crippen molar-refractivity contribution >= 4 is 16.9 Å². The first kappa shape index (κ1) is 19.3. The molecule has 5 heterocycles. The number of nitrogens with one attached hydrogen (secondary N) is 1. The molecule has 1 N–H and O–H groups in total. The second-order valence-corrected chi connectivity index (χ2v) is 8.91. The summed E-state index contributed by atoms with van der Waals surface area (Å²) in [6.07, 6.45) is 7.29. The van der Waals surface area contributed by atoms with Crippen molar-refractivity contribution in [2.24, 2.45) is 0 Å². The van der Waals surface area contributed by atoms with E-state index in [0.717, 1.165) is 36.4 Å². The lowest BCUT2D eigenvalue weighted by Gasteiger charge is -2.38. The van der Waals surface area contributed by atoms with E-state index in [-0.39, 0.29) is 12.1 Å². The van der Waals surface area contributed by atoms with E-state index in [1.165, 1.54) is 27.7 Å². The Bertz CT molecular complexity index is 1450. The Morgan fingerprint density at radius 2 is 1.71 bits per heavy atom. The van der Waals surface area contributed by atoms with Crippen molar-refractivity contribution in [3.05, 3.63) is 102 Å². The van der Waals surface area contributed by atoms with Crippen LogP contribution in [0.1, 0.15) is 22.9 Å². The third-order valence-corrected chi connectivity index (χ3v) is 6.96. The van der Waals surface area contributed by atoms with Gasteiger partial charge in [-0.1, -0.05) is 42.5 Å². The van der Waals surface area contributed by atoms with Gasteiger partial charge in [0.1, 0.15) is 17.9 Å². The van der Waals surface area contributed by atoms with E-state index in [4.69, 9.17) is 14.7 Å². The van der Waals surface area contributed by atoms with Gasteiger partial charge in [-0.3, -0.25) is 4.98 Å². The highest BCUT2D eigenvalue weighted by Crippen LogP contribution is 2.43. The summed E-state index contributed by atoms with van der Waals surface area (Å²) in [5.41, 5.74) is 6.79. The molecule has 34 heavy (non-hydrogen) atoms. The van der Waals surface area contributed by atoms with E-state index in [1.54, 1.807) is 6.20 Å². The predicted octanol–water partition coefficient (Wildman–Crippen LogP) is 5.13. The Morgan fingerprint density at radius 1 is 0.882 bits per heavy atom. The van der Waals surface area contributed by atoms with Gasteiger partial charge in [0.2, 0.25) is 5.95 Å². The van der Waals surface area contributed by atoms with Gasteiger partial charge in [-0.15, -0.1) is 0 Å². The van der Waals surface area contributed by atoms with Crippen molar-refractivity contribution in [1.29, 1.82) is 0 Å². The van der Waals surface area contributed by atoms with Gasteiger partial charge >= 0.3 is 0 Å². The molecule has 2 aliphatic heterocycles. The number of anilines is 1. The van der Waals surface area contributed by atoms with Gasteiger partial charge in [0.15, 0.2) is 0 Å². The number of hydrogen-bond donors (Lipinski definition) is 1. The summed E-state index contributed by atoms with van der Waals surface area (Å²) in [6, 6.07) is 22.7. The Morgan fingerprint density at radius 3 is 2.56 bits per heavy atom. The second kappa shape index (κ2) is 7.70. The number of benzene rings is 2. The van der Waals surface area contributed by atoms with Gasteiger partial charge < -0.3 is 14.6 Å². The highest BCUT2D eigenvalue weighted by atomic mass is 16.5. The zero-order chi connectivity index (χ0) is 22.5. The average Bonchev–Trinajstić information content (AvgIpc) is 3.50. The summed E-state index contributed by atoms with van der Waals surface area (Å²) < 4.78 is 6.52. The molecular formula is C28H23N5O. The van der Waals surface area contributed by atoms with Crippen LogP contribution in [-0.2, 0) is 12.8 Å². The fraction of sp³-hybridized carbons (Fsp3) is 0.179. The van der Waals surface area contributed by atoms with Crippen LogP contribution in [0.5, 0.6) is 5.75 Å². The first-order valence-electron chi connectivity index (χ1n) is 11.7. The molecule has 0 bridgehead atoms. The number of para-hydroxylation sites is 2. The van der Waals surface area contributed by atoms with E-state index in [2.05, 4.69) is 57.3 Å². The molecule has 5 aromatic rings. The monoisotopic (exact) mass is 445 g/mol. The van der Waals surface area contributed by atoms with E-state index < -0.39 is 0 Å². The maximum Gasteiger partial charge on any atom is 0.225 e. The summed E-state index contributed by atoms with van der Waals surface area (Å²) in [4.78, 5) is 20.0. The molecule has 166 valence electrons. The summed E-state index contributed by atoms with van der Waals surface area (Å²) >= 11 is 0. The SMILES string of the molecule is c1ccc(-c2cnc(N3CCc4c([nH]c5ccccc45)C3C3Cc4ccccc4O3)nc2)nc1. The molecule has 0 amide bonds. The van der Waals surface area contributed by atoms with E-state index in [9.17, 15) is 0 Å². The summed E-state index contributed by atoms with van der Waals surface area (Å²) in [5, 5.41) is 1.30. The molecule has 6 heteroatoms. The third kappa shape index (κ3) is 3.06. The van der Waals surface area contributed by atoms with E-state index in [0.29, 0.717) is 5.95 Å². The fourth-order valence-electron chi connectivity index (χ4n) is 5.40. The molecule has 2 unspecified atom stereocenters. The summed E-state index contributed by atoms with van der Waals surface area (Å²) in [6.45, 7) is 0.832. The Hall–Kier alpha value is -4.19. The van der Waals surface area contributed by atoms with Gasteiger partial charge in [-0.2, -0.15) is 0 Å². The van der Waals surface area contributed by atoms with E-state index >= 15 is 0 Å². The lowest BCUT2D eigenvalue weighted by atomic mass is 9.92.